The zero-order chi connectivity index (χ0) is 77.9. The van der Waals surface area contributed by atoms with Crippen LogP contribution in [0.3, 0.4) is 0 Å². The fraction of sp³-hybridized carbons (Fsp3) is 0.434. The molecule has 0 aromatic heterocycles. The van der Waals surface area contributed by atoms with Gasteiger partial charge in [-0.15, -0.1) is 0 Å². The van der Waals surface area contributed by atoms with Gasteiger partial charge in [-0.3, -0.25) is 0 Å². The summed E-state index contributed by atoms with van der Waals surface area (Å²) >= 11 is 0. The minimum Gasteiger partial charge on any atom is -0.342 e. The van der Waals surface area contributed by atoms with Gasteiger partial charge in [0, 0.05) is 50.7 Å². The second-order valence-electron chi connectivity index (χ2n) is 33.3. The molecule has 0 heterocycles. The molecule has 12 rings (SSSR count). The van der Waals surface area contributed by atoms with Crippen LogP contribution in [0.25, 0.3) is 44.5 Å². The van der Waals surface area contributed by atoms with Crippen molar-refractivity contribution in [1.82, 2.24) is 0 Å². The first kappa shape index (κ1) is 82.7. The number of rotatable bonds is 38. The van der Waals surface area contributed by atoms with Gasteiger partial charge in [-0.1, -0.05) is 323 Å². The topological polar surface area (TPSA) is 24.9 Å². The normalized spacial score (nSPS) is 16.4. The van der Waals surface area contributed by atoms with E-state index in [0.29, 0.717) is 36.9 Å². The minimum atomic E-state index is -0.949. The van der Waals surface area contributed by atoms with Gasteiger partial charge in [0.1, 0.15) is 0 Å². The number of benzene rings is 10. The van der Waals surface area contributed by atoms with Crippen molar-refractivity contribution in [3.05, 3.63) is 274 Å². The second-order valence-corrected chi connectivity index (χ2v) is 33.3. The van der Waals surface area contributed by atoms with E-state index in [-0.39, 0.29) is 5.41 Å². The maximum absolute atomic E-state index is 7.30. The van der Waals surface area contributed by atoms with E-state index in [2.05, 4.69) is 339 Å². The van der Waals surface area contributed by atoms with Gasteiger partial charge in [0.15, 0.2) is 0 Å². The minimum absolute atomic E-state index is 0.0408. The molecule has 4 heteroatoms. The quantitative estimate of drug-likeness (QED) is 0.0360. The van der Waals surface area contributed by atoms with E-state index in [0.717, 1.165) is 65.7 Å². The van der Waals surface area contributed by atoms with Crippen LogP contribution in [0.1, 0.15) is 279 Å². The lowest BCUT2D eigenvalue weighted by atomic mass is 9.65. The molecule has 6 unspecified atom stereocenters. The van der Waals surface area contributed by atoms with E-state index in [1.165, 1.54) is 198 Å². The predicted octanol–water partition coefficient (Wildman–Crippen LogP) is 32.0. The van der Waals surface area contributed by atoms with Gasteiger partial charge in [0.25, 0.3) is 0 Å². The molecule has 580 valence electrons. The van der Waals surface area contributed by atoms with Gasteiger partial charge in [-0.25, -0.2) is 0 Å². The Hall–Kier alpha value is -8.28. The van der Waals surface area contributed by atoms with Crippen molar-refractivity contribution >= 4 is 34.1 Å². The summed E-state index contributed by atoms with van der Waals surface area (Å²) in [6.45, 7) is 38.1. The summed E-state index contributed by atoms with van der Waals surface area (Å²) in [5.41, 5.74) is 30.8. The molecule has 6 atom stereocenters. The van der Waals surface area contributed by atoms with Crippen molar-refractivity contribution in [2.24, 2.45) is 23.7 Å². The molecule has 0 fully saturated rings. The van der Waals surface area contributed by atoms with Gasteiger partial charge >= 0.3 is 0 Å². The fourth-order valence-corrected chi connectivity index (χ4v) is 17.6. The van der Waals surface area contributed by atoms with Crippen LogP contribution in [0, 0.1) is 51.4 Å². The highest BCUT2D eigenvalue weighted by Gasteiger charge is 2.48. The molecule has 0 aliphatic heterocycles. The number of unbranched alkanes of at least 4 members (excludes halogenated alkanes) is 4. The Morgan fingerprint density at radius 2 is 0.555 bits per heavy atom. The lowest BCUT2D eigenvalue weighted by Crippen LogP contribution is -2.36. The molecule has 0 bridgehead atoms. The Kier molecular flexibility index (Phi) is 29.5. The van der Waals surface area contributed by atoms with Crippen molar-refractivity contribution in [2.45, 2.75) is 262 Å². The Labute approximate surface area is 666 Å². The highest BCUT2D eigenvalue weighted by atomic mass is 16.7. The zero-order valence-corrected chi connectivity index (χ0v) is 70.5. The maximum atomic E-state index is 7.30. The van der Waals surface area contributed by atoms with Crippen LogP contribution in [-0.2, 0) is 20.7 Å². The van der Waals surface area contributed by atoms with E-state index < -0.39 is 5.79 Å². The molecule has 0 amide bonds. The third kappa shape index (κ3) is 19.1. The van der Waals surface area contributed by atoms with E-state index in [9.17, 15) is 0 Å². The molecule has 4 nitrogen and oxygen atoms in total. The highest BCUT2D eigenvalue weighted by molar-refractivity contribution is 5.87. The second kappa shape index (κ2) is 39.3. The molecular formula is C106H134N2O2. The van der Waals surface area contributed by atoms with Gasteiger partial charge in [0.2, 0.25) is 5.79 Å². The third-order valence-corrected chi connectivity index (χ3v) is 25.4. The van der Waals surface area contributed by atoms with Crippen LogP contribution >= 0.6 is 0 Å². The van der Waals surface area contributed by atoms with Crippen LogP contribution in [0.15, 0.2) is 218 Å². The Morgan fingerprint density at radius 1 is 0.282 bits per heavy atom. The Morgan fingerprint density at radius 3 is 0.900 bits per heavy atom. The number of aryl methyl sites for hydroxylation is 4. The van der Waals surface area contributed by atoms with E-state index >= 15 is 0 Å². The number of fused-ring (bicyclic) bond motifs is 6. The van der Waals surface area contributed by atoms with Crippen molar-refractivity contribution in [3.63, 3.8) is 0 Å². The van der Waals surface area contributed by atoms with Crippen molar-refractivity contribution in [1.29, 1.82) is 0 Å². The molecule has 0 radical (unpaired) electrons. The van der Waals surface area contributed by atoms with Gasteiger partial charge in [0.05, 0.1) is 13.2 Å². The first-order chi connectivity index (χ1) is 53.5. The molecule has 0 saturated carbocycles. The summed E-state index contributed by atoms with van der Waals surface area (Å²) < 4.78 is 14.6. The molecule has 0 saturated heterocycles. The van der Waals surface area contributed by atoms with Crippen LogP contribution in [-0.4, -0.2) is 13.2 Å². The first-order valence-corrected chi connectivity index (χ1v) is 43.4. The van der Waals surface area contributed by atoms with Crippen molar-refractivity contribution in [3.8, 4) is 44.5 Å². The van der Waals surface area contributed by atoms with E-state index in [1.54, 1.807) is 11.1 Å². The average Bonchev–Trinajstić information content (AvgIpc) is 1.57. The maximum Gasteiger partial charge on any atom is 0.223 e. The SMILES string of the molecule is CCCCC(CC)CC1(CC(CC)CCCC)c2cc(C)ccc2-c2ccc(-c3ccc(N(c4ccc(C)cc4)c4ccc(C(C)CC)cc4)cc3)cc21.CCCCC(CC)COC1(OCC(CC)CCCC)c2cc(C)ccc2-c2ccc(-c3ccc(N(c4ccc(C)cc4)c4ccc(C(C)CC)cc4)cc3)cc21. The number of nitrogens with zero attached hydrogens (tertiary/aromatic N) is 2. The number of hydrogen-bond donors (Lipinski definition) is 0. The molecular weight excluding hydrogens is 1330 g/mol. The molecule has 0 N–H and O–H groups in total. The van der Waals surface area contributed by atoms with Crippen LogP contribution in [0.5, 0.6) is 0 Å². The molecule has 2 aliphatic carbocycles. The van der Waals surface area contributed by atoms with Gasteiger partial charge in [-0.2, -0.15) is 0 Å². The standard InChI is InChI=1S/C53H67NO2.C53H67N/c1-9-14-16-41(12-4)36-55-53(56-37-42(13-5)17-15-10-2)51-34-39(7)20-32-49(51)50-33-25-45(35-52(50)53)44-23-30-48(31-24-44)54(46-26-18-38(6)19-27-46)47-28-21-43(22-29-47)40(8)11-3;1-9-14-16-41(12-4)36-53(37-42(13-5)17-15-10-2)51-34-39(7)20-32-49(51)50-33-25-45(35-52(50)53)44-23-30-48(31-24-44)54(46-26-18-38(6)19-27-46)47-28-21-43(22-29-47)40(8)11-3/h18-35,40-42H,9-17,36-37H2,1-8H3;18-35,40-42H,9-17,36-37H2,1-8H3. The third-order valence-electron chi connectivity index (χ3n) is 25.4. The summed E-state index contributed by atoms with van der Waals surface area (Å²) in [6, 6.07) is 83.2. The van der Waals surface area contributed by atoms with Crippen LogP contribution in [0.4, 0.5) is 34.1 Å². The van der Waals surface area contributed by atoms with E-state index in [4.69, 9.17) is 9.47 Å². The average molecular weight is 1470 g/mol. The summed E-state index contributed by atoms with van der Waals surface area (Å²) in [5.74, 6) is 2.59. The molecule has 110 heavy (non-hydrogen) atoms. The van der Waals surface area contributed by atoms with Gasteiger partial charge < -0.3 is 19.3 Å². The highest BCUT2D eigenvalue weighted by Crippen LogP contribution is 2.58. The number of ether oxygens (including phenoxy) is 2. The van der Waals surface area contributed by atoms with Crippen LogP contribution < -0.4 is 9.80 Å². The summed E-state index contributed by atoms with van der Waals surface area (Å²) in [5, 5.41) is 0. The lowest BCUT2D eigenvalue weighted by Gasteiger charge is -2.39. The largest absolute Gasteiger partial charge is 0.342 e. The first-order valence-electron chi connectivity index (χ1n) is 43.4. The summed E-state index contributed by atoms with van der Waals surface area (Å²) in [4.78, 5) is 4.77. The monoisotopic (exact) mass is 1470 g/mol. The molecule has 10 aromatic rings. The molecule has 10 aromatic carbocycles. The summed E-state index contributed by atoms with van der Waals surface area (Å²) in [6.07, 6.45) is 24.5. The van der Waals surface area contributed by atoms with Crippen molar-refractivity contribution < 1.29 is 9.47 Å². The fourth-order valence-electron chi connectivity index (χ4n) is 17.6. The molecule has 0 spiro atoms. The number of hydrogen-bond acceptors (Lipinski definition) is 4. The number of anilines is 6. The smallest absolute Gasteiger partial charge is 0.223 e. The zero-order valence-electron chi connectivity index (χ0n) is 70.5. The van der Waals surface area contributed by atoms with Gasteiger partial charge in [-0.05, 0) is 259 Å². The lowest BCUT2D eigenvalue weighted by molar-refractivity contribution is -0.228. The van der Waals surface area contributed by atoms with Crippen molar-refractivity contribution in [2.75, 3.05) is 23.0 Å². The Bertz CT molecular complexity index is 4450. The summed E-state index contributed by atoms with van der Waals surface area (Å²) in [7, 11) is 0. The molecule has 2 aliphatic rings. The van der Waals surface area contributed by atoms with Crippen LogP contribution in [0.2, 0.25) is 0 Å². The predicted molar refractivity (Wildman–Crippen MR) is 476 cm³/mol. The Balaban J connectivity index is 0.000000218. The van der Waals surface area contributed by atoms with E-state index in [1.807, 2.05) is 0 Å².